The lowest BCUT2D eigenvalue weighted by Crippen LogP contribution is -2.05. The highest BCUT2D eigenvalue weighted by molar-refractivity contribution is 5.58. The summed E-state index contributed by atoms with van der Waals surface area (Å²) >= 11 is 0. The van der Waals surface area contributed by atoms with Gasteiger partial charge in [0.2, 0.25) is 0 Å². The van der Waals surface area contributed by atoms with Gasteiger partial charge < -0.3 is 0 Å². The van der Waals surface area contributed by atoms with E-state index in [9.17, 15) is 0 Å². The van der Waals surface area contributed by atoms with Crippen LogP contribution in [0.4, 0.5) is 5.69 Å². The van der Waals surface area contributed by atoms with E-state index in [1.54, 1.807) is 7.05 Å². The Hall–Kier alpha value is -1.64. The van der Waals surface area contributed by atoms with Crippen molar-refractivity contribution in [2.45, 2.75) is 13.3 Å². The Bertz CT molecular complexity index is 369. The molecule has 0 bridgehead atoms. The smallest absolute Gasteiger partial charge is 0.0820 e. The summed E-state index contributed by atoms with van der Waals surface area (Å²) in [6, 6.07) is 9.78. The van der Waals surface area contributed by atoms with Crippen LogP contribution in [-0.4, -0.2) is 13.3 Å². The van der Waals surface area contributed by atoms with Gasteiger partial charge in [-0.25, -0.2) is 0 Å². The molecule has 1 aromatic carbocycles. The first-order valence-corrected chi connectivity index (χ1v) is 4.68. The number of anilines is 1. The van der Waals surface area contributed by atoms with Crippen LogP contribution >= 0.6 is 0 Å². The van der Waals surface area contributed by atoms with Crippen LogP contribution in [0.5, 0.6) is 0 Å². The van der Waals surface area contributed by atoms with Crippen molar-refractivity contribution in [1.29, 1.82) is 0 Å². The number of hydrogen-bond donors (Lipinski definition) is 1. The first kappa shape index (κ1) is 10.4. The molecule has 0 radical (unpaired) electrons. The maximum Gasteiger partial charge on any atom is 0.0820 e. The van der Waals surface area contributed by atoms with Crippen molar-refractivity contribution < 1.29 is 0 Å². The topological polar surface area (TPSA) is 36.8 Å². The van der Waals surface area contributed by atoms with E-state index in [0.717, 1.165) is 17.5 Å². The molecule has 0 aliphatic heterocycles. The molecule has 1 aromatic rings. The molecule has 1 N–H and O–H groups in total. The summed E-state index contributed by atoms with van der Waals surface area (Å²) in [5.41, 5.74) is 3.88. The number of nitrogens with zero attached hydrogens (tertiary/aromatic N) is 2. The molecule has 0 saturated heterocycles. The van der Waals surface area contributed by atoms with E-state index in [-0.39, 0.29) is 0 Å². The Kier molecular flexibility index (Phi) is 4.41. The SMILES string of the molecule is CC/C=N/Nc1cccccc1=NC. The highest BCUT2D eigenvalue weighted by atomic mass is 15.3. The van der Waals surface area contributed by atoms with Gasteiger partial charge in [0, 0.05) is 13.3 Å². The number of nitrogens with one attached hydrogen (secondary N) is 1. The van der Waals surface area contributed by atoms with E-state index in [1.165, 1.54) is 0 Å². The van der Waals surface area contributed by atoms with Crippen molar-refractivity contribution in [1.82, 2.24) is 0 Å². The summed E-state index contributed by atoms with van der Waals surface area (Å²) in [6.45, 7) is 2.04. The van der Waals surface area contributed by atoms with Crippen LogP contribution in [0.1, 0.15) is 13.3 Å². The van der Waals surface area contributed by atoms with Gasteiger partial charge in [-0.15, -0.1) is 0 Å². The molecule has 0 saturated carbocycles. The van der Waals surface area contributed by atoms with Crippen molar-refractivity contribution in [3.8, 4) is 0 Å². The van der Waals surface area contributed by atoms with Crippen LogP contribution in [0.2, 0.25) is 0 Å². The standard InChI is InChI=1S/C11H15N3/c1-3-9-13-14-11-8-6-4-5-7-10(11)12-2/h4-9H,3H2,1-2H3,(H,12,14)/b13-9+. The van der Waals surface area contributed by atoms with E-state index in [0.29, 0.717) is 0 Å². The molecule has 14 heavy (non-hydrogen) atoms. The Balaban J connectivity index is 2.97. The monoisotopic (exact) mass is 189 g/mol. The molecule has 74 valence electrons. The quantitative estimate of drug-likeness (QED) is 0.573. The molecule has 0 aliphatic rings. The van der Waals surface area contributed by atoms with Crippen LogP contribution in [0, 0.1) is 0 Å². The summed E-state index contributed by atoms with van der Waals surface area (Å²) < 4.78 is 0. The molecule has 1 rings (SSSR count). The normalized spacial score (nSPS) is 12.0. The average Bonchev–Trinajstić information content (AvgIpc) is 2.43. The zero-order valence-corrected chi connectivity index (χ0v) is 8.57. The molecule has 0 unspecified atom stereocenters. The van der Waals surface area contributed by atoms with Gasteiger partial charge in [0.15, 0.2) is 0 Å². The third-order valence-corrected chi connectivity index (χ3v) is 1.71. The molecule has 0 heterocycles. The minimum atomic E-state index is 0.906. The van der Waals surface area contributed by atoms with Crippen molar-refractivity contribution in [3.05, 3.63) is 35.7 Å². The fourth-order valence-corrected chi connectivity index (χ4v) is 1.03. The highest BCUT2D eigenvalue weighted by Gasteiger charge is 1.89. The molecule has 0 atom stereocenters. The second-order valence-corrected chi connectivity index (χ2v) is 2.76. The minimum absolute atomic E-state index is 0.906. The summed E-state index contributed by atoms with van der Waals surface area (Å²) in [6.07, 6.45) is 2.75. The van der Waals surface area contributed by atoms with Gasteiger partial charge in [-0.05, 0) is 18.6 Å². The third-order valence-electron chi connectivity index (χ3n) is 1.71. The van der Waals surface area contributed by atoms with Crippen LogP contribution in [-0.2, 0) is 0 Å². The molecular formula is C11H15N3. The Labute approximate surface area is 84.2 Å². The molecule has 3 heteroatoms. The largest absolute Gasteiger partial charge is 0.286 e. The summed E-state index contributed by atoms with van der Waals surface area (Å²) in [5, 5.41) is 4.97. The van der Waals surface area contributed by atoms with Crippen LogP contribution in [0.3, 0.4) is 0 Å². The van der Waals surface area contributed by atoms with Crippen LogP contribution < -0.4 is 10.8 Å². The molecule has 0 aromatic heterocycles. The van der Waals surface area contributed by atoms with Crippen LogP contribution in [0.15, 0.2) is 40.4 Å². The van der Waals surface area contributed by atoms with Gasteiger partial charge in [-0.1, -0.05) is 25.1 Å². The molecular weight excluding hydrogens is 174 g/mol. The van der Waals surface area contributed by atoms with Gasteiger partial charge in [0.25, 0.3) is 0 Å². The van der Waals surface area contributed by atoms with Gasteiger partial charge in [0.05, 0.1) is 11.0 Å². The molecule has 0 spiro atoms. The van der Waals surface area contributed by atoms with Crippen molar-refractivity contribution >= 4 is 11.9 Å². The summed E-state index contributed by atoms with van der Waals surface area (Å²) in [4.78, 5) is 4.15. The van der Waals surface area contributed by atoms with E-state index < -0.39 is 0 Å². The Morgan fingerprint density at radius 3 is 2.79 bits per heavy atom. The fourth-order valence-electron chi connectivity index (χ4n) is 1.03. The van der Waals surface area contributed by atoms with E-state index in [4.69, 9.17) is 0 Å². The summed E-state index contributed by atoms with van der Waals surface area (Å²) in [5.74, 6) is 0. The van der Waals surface area contributed by atoms with Gasteiger partial charge in [0.1, 0.15) is 0 Å². The van der Waals surface area contributed by atoms with Gasteiger partial charge in [-0.3, -0.25) is 10.4 Å². The molecule has 0 amide bonds. The maximum atomic E-state index is 4.15. The minimum Gasteiger partial charge on any atom is -0.286 e. The second kappa shape index (κ2) is 5.91. The molecule has 3 nitrogen and oxygen atoms in total. The predicted octanol–water partition coefficient (Wildman–Crippen LogP) is 2.02. The first-order valence-electron chi connectivity index (χ1n) is 4.68. The summed E-state index contributed by atoms with van der Waals surface area (Å²) in [7, 11) is 1.77. The van der Waals surface area contributed by atoms with Crippen molar-refractivity contribution in [3.63, 3.8) is 0 Å². The van der Waals surface area contributed by atoms with E-state index in [2.05, 4.69) is 15.5 Å². The molecule has 0 aliphatic carbocycles. The number of hydrogen-bond acceptors (Lipinski definition) is 3. The fraction of sp³-hybridized carbons (Fsp3) is 0.273. The van der Waals surface area contributed by atoms with E-state index in [1.807, 2.05) is 43.5 Å². The lowest BCUT2D eigenvalue weighted by Gasteiger charge is -1.96. The third kappa shape index (κ3) is 3.01. The highest BCUT2D eigenvalue weighted by Crippen LogP contribution is 1.96. The van der Waals surface area contributed by atoms with Gasteiger partial charge in [-0.2, -0.15) is 5.10 Å². The first-order chi connectivity index (χ1) is 6.88. The zero-order valence-electron chi connectivity index (χ0n) is 8.57. The van der Waals surface area contributed by atoms with Crippen LogP contribution in [0.25, 0.3) is 0 Å². The molecule has 0 fully saturated rings. The Morgan fingerprint density at radius 1 is 1.29 bits per heavy atom. The lowest BCUT2D eigenvalue weighted by molar-refractivity contribution is 1.22. The number of hydrazone groups is 1. The second-order valence-electron chi connectivity index (χ2n) is 2.76. The Morgan fingerprint density at radius 2 is 2.07 bits per heavy atom. The maximum absolute atomic E-state index is 4.15. The predicted molar refractivity (Wildman–Crippen MR) is 60.3 cm³/mol. The van der Waals surface area contributed by atoms with E-state index >= 15 is 0 Å². The van der Waals surface area contributed by atoms with Crippen molar-refractivity contribution in [2.75, 3.05) is 12.5 Å². The zero-order chi connectivity index (χ0) is 10.2. The lowest BCUT2D eigenvalue weighted by atomic mass is 10.4. The van der Waals surface area contributed by atoms with Gasteiger partial charge >= 0.3 is 0 Å². The average molecular weight is 189 g/mol. The number of rotatable bonds is 3. The van der Waals surface area contributed by atoms with Crippen molar-refractivity contribution in [2.24, 2.45) is 10.1 Å².